The topological polar surface area (TPSA) is 418 Å². The van der Waals surface area contributed by atoms with Gasteiger partial charge in [-0.15, -0.1) is 35.8 Å². The Balaban J connectivity index is 1.52. The van der Waals surface area contributed by atoms with E-state index in [1.54, 1.807) is 0 Å². The minimum atomic E-state index is -5.39. The summed E-state index contributed by atoms with van der Waals surface area (Å²) < 4.78 is 69.8. The van der Waals surface area contributed by atoms with Crippen LogP contribution in [-0.2, 0) is 20.2 Å². The molecule has 0 aliphatic heterocycles. The minimum absolute atomic E-state index is 0.0126. The van der Waals surface area contributed by atoms with Crippen LogP contribution in [0.5, 0.6) is 23.0 Å². The van der Waals surface area contributed by atoms with E-state index in [2.05, 4.69) is 40.9 Å². The lowest BCUT2D eigenvalue weighted by molar-refractivity contribution is -0.394. The zero-order valence-electron chi connectivity index (χ0n) is 30.7. The van der Waals surface area contributed by atoms with E-state index >= 15 is 0 Å². The molecule has 0 aliphatic carbocycles. The number of benzene rings is 6. The van der Waals surface area contributed by atoms with E-state index in [4.69, 9.17) is 0 Å². The second-order valence-electron chi connectivity index (χ2n) is 12.3. The summed E-state index contributed by atoms with van der Waals surface area (Å²) >= 11 is 0. The molecule has 0 aliphatic rings. The van der Waals surface area contributed by atoms with E-state index in [0.717, 1.165) is 6.07 Å². The Morgan fingerprint density at radius 2 is 1.02 bits per heavy atom. The molecule has 6 rings (SSSR count). The van der Waals surface area contributed by atoms with E-state index in [1.807, 2.05) is 0 Å². The van der Waals surface area contributed by atoms with Gasteiger partial charge in [-0.1, -0.05) is 12.1 Å². The largest absolute Gasteiger partial charge is 0.507 e. The summed E-state index contributed by atoms with van der Waals surface area (Å²) in [7, 11) is -10.4. The number of hydrogen-bond donors (Lipinski definition) is 6. The zero-order valence-corrected chi connectivity index (χ0v) is 32.3. The number of nitro benzene ring substituents is 3. The van der Waals surface area contributed by atoms with E-state index in [1.165, 1.54) is 48.5 Å². The third-order valence-corrected chi connectivity index (χ3v) is 9.91. The Morgan fingerprint density at radius 1 is 0.476 bits per heavy atom. The monoisotopic (exact) mass is 903 g/mol. The van der Waals surface area contributed by atoms with Crippen LogP contribution in [0.3, 0.4) is 0 Å². The first-order chi connectivity index (χ1) is 29.6. The molecular formula is C34H21N11O16S2. The predicted octanol–water partition coefficient (Wildman–Crippen LogP) is 9.54. The van der Waals surface area contributed by atoms with Crippen molar-refractivity contribution >= 4 is 93.6 Å². The van der Waals surface area contributed by atoms with Crippen molar-refractivity contribution in [2.24, 2.45) is 40.9 Å². The standard InChI is InChI=1S/C34H21N11O16S2/c46-27-15-28(47)24(14-23(27)38-40-25-11-19(44(52)53)12-26(34(25)49)45(54)55)39-42-33-31-16(9-20(13-29(31)48)62(56,57)58)10-30(63(59,60)61)32(33)41-37-22-4-2-1-3-21(22)36-35-17-5-7-18(8-6-17)43(50)51/h1-15,46-49H,(H,56,57,58)(H,59,60,61). The number of rotatable bonds is 13. The normalized spacial score (nSPS) is 12.3. The van der Waals surface area contributed by atoms with Crippen molar-refractivity contribution in [1.82, 2.24) is 0 Å². The molecule has 63 heavy (non-hydrogen) atoms. The summed E-state index contributed by atoms with van der Waals surface area (Å²) in [6.07, 6.45) is 0. The maximum atomic E-state index is 12.9. The Labute approximate surface area is 349 Å². The molecule has 320 valence electrons. The van der Waals surface area contributed by atoms with Crippen molar-refractivity contribution in [2.75, 3.05) is 0 Å². The van der Waals surface area contributed by atoms with Gasteiger partial charge in [0.1, 0.15) is 62.0 Å². The molecule has 0 amide bonds. The highest BCUT2D eigenvalue weighted by Crippen LogP contribution is 2.49. The number of aromatic hydroxyl groups is 4. The number of nitrogens with zero attached hydrogens (tertiary/aromatic N) is 11. The second kappa shape index (κ2) is 17.1. The molecule has 0 unspecified atom stereocenters. The lowest BCUT2D eigenvalue weighted by Crippen LogP contribution is -2.01. The van der Waals surface area contributed by atoms with Crippen LogP contribution in [0.4, 0.5) is 62.6 Å². The molecule has 0 radical (unpaired) electrons. The van der Waals surface area contributed by atoms with Gasteiger partial charge in [0.15, 0.2) is 0 Å². The lowest BCUT2D eigenvalue weighted by Gasteiger charge is -2.12. The molecule has 0 saturated carbocycles. The molecule has 0 fully saturated rings. The van der Waals surface area contributed by atoms with E-state index in [0.29, 0.717) is 36.4 Å². The molecule has 6 N–H and O–H groups in total. The summed E-state index contributed by atoms with van der Waals surface area (Å²) in [6, 6.07) is 15.0. The fraction of sp³-hybridized carbons (Fsp3) is 0. The minimum Gasteiger partial charge on any atom is -0.507 e. The van der Waals surface area contributed by atoms with Gasteiger partial charge in [0.05, 0.1) is 36.8 Å². The van der Waals surface area contributed by atoms with Crippen LogP contribution in [0.15, 0.2) is 142 Å². The predicted molar refractivity (Wildman–Crippen MR) is 213 cm³/mol. The Kier molecular flexibility index (Phi) is 11.8. The highest BCUT2D eigenvalue weighted by molar-refractivity contribution is 7.86. The van der Waals surface area contributed by atoms with Gasteiger partial charge >= 0.3 is 5.69 Å². The number of phenols is 4. The van der Waals surface area contributed by atoms with Crippen molar-refractivity contribution in [3.8, 4) is 23.0 Å². The summed E-state index contributed by atoms with van der Waals surface area (Å²) in [4.78, 5) is 28.9. The first kappa shape index (κ1) is 43.8. The van der Waals surface area contributed by atoms with Crippen molar-refractivity contribution < 1.29 is 61.1 Å². The van der Waals surface area contributed by atoms with Crippen LogP contribution in [0.1, 0.15) is 0 Å². The van der Waals surface area contributed by atoms with Gasteiger partial charge in [-0.2, -0.15) is 21.9 Å². The number of azo groups is 4. The lowest BCUT2D eigenvalue weighted by atomic mass is 10.1. The molecule has 0 saturated heterocycles. The first-order valence-electron chi connectivity index (χ1n) is 16.6. The van der Waals surface area contributed by atoms with Crippen LogP contribution in [0.25, 0.3) is 10.8 Å². The van der Waals surface area contributed by atoms with Gasteiger partial charge in [0.2, 0.25) is 5.75 Å². The Hall–Kier alpha value is -8.80. The zero-order chi connectivity index (χ0) is 46.0. The number of fused-ring (bicyclic) bond motifs is 1. The average Bonchev–Trinajstić information content (AvgIpc) is 3.21. The van der Waals surface area contributed by atoms with Gasteiger partial charge in [-0.25, -0.2) is 0 Å². The maximum absolute atomic E-state index is 12.9. The average molecular weight is 904 g/mol. The molecular weight excluding hydrogens is 883 g/mol. The highest BCUT2D eigenvalue weighted by Gasteiger charge is 2.27. The number of nitro groups is 3. The molecule has 0 aromatic heterocycles. The number of phenolic OH excluding ortho intramolecular Hbond substituents is 4. The second-order valence-corrected chi connectivity index (χ2v) is 15.1. The van der Waals surface area contributed by atoms with Crippen LogP contribution in [0, 0.1) is 30.3 Å². The molecule has 6 aromatic carbocycles. The Morgan fingerprint density at radius 3 is 1.57 bits per heavy atom. The highest BCUT2D eigenvalue weighted by atomic mass is 32.2. The SMILES string of the molecule is O=[N+]([O-])c1ccc(N=Nc2ccccc2N=Nc2c(S(=O)(=O)O)cc3cc(S(=O)(=O)O)cc(O)c3c2N=Nc2cc(N=Nc3cc([N+](=O)[O-])cc([N+](=O)[O-])c3O)c(O)cc2O)cc1. The molecule has 29 heteroatoms. The molecule has 27 nitrogen and oxygen atoms in total. The van der Waals surface area contributed by atoms with Crippen molar-refractivity contribution in [1.29, 1.82) is 0 Å². The van der Waals surface area contributed by atoms with Crippen molar-refractivity contribution in [3.05, 3.63) is 121 Å². The van der Waals surface area contributed by atoms with Crippen molar-refractivity contribution in [2.45, 2.75) is 9.79 Å². The Bertz CT molecular complexity index is 3270. The van der Waals surface area contributed by atoms with Crippen LogP contribution in [-0.4, -0.2) is 61.1 Å². The summed E-state index contributed by atoms with van der Waals surface area (Å²) in [5, 5.41) is 106. The summed E-state index contributed by atoms with van der Waals surface area (Å²) in [5.74, 6) is -3.85. The van der Waals surface area contributed by atoms with Gasteiger partial charge in [0.25, 0.3) is 31.6 Å². The van der Waals surface area contributed by atoms with Gasteiger partial charge in [0, 0.05) is 36.4 Å². The summed E-state index contributed by atoms with van der Waals surface area (Å²) in [6.45, 7) is 0. The molecule has 0 heterocycles. The smallest absolute Gasteiger partial charge is 0.319 e. The van der Waals surface area contributed by atoms with E-state index in [-0.39, 0.29) is 22.7 Å². The van der Waals surface area contributed by atoms with Crippen LogP contribution in [0.2, 0.25) is 0 Å². The molecule has 0 bridgehead atoms. The maximum Gasteiger partial charge on any atom is 0.319 e. The quantitative estimate of drug-likeness (QED) is 0.0272. The molecule has 6 aromatic rings. The fourth-order valence-electron chi connectivity index (χ4n) is 5.30. The summed E-state index contributed by atoms with van der Waals surface area (Å²) in [5.41, 5.74) is -5.90. The van der Waals surface area contributed by atoms with Gasteiger partial charge in [-0.05, 0) is 41.8 Å². The first-order valence-corrected chi connectivity index (χ1v) is 19.5. The third kappa shape index (κ3) is 9.65. The number of hydrogen-bond acceptors (Lipinski definition) is 22. The fourth-order valence-corrected chi connectivity index (χ4v) is 6.50. The van der Waals surface area contributed by atoms with E-state index < -0.39 is 118 Å². The van der Waals surface area contributed by atoms with Crippen LogP contribution >= 0.6 is 0 Å². The van der Waals surface area contributed by atoms with Crippen LogP contribution < -0.4 is 0 Å². The van der Waals surface area contributed by atoms with Gasteiger partial charge < -0.3 is 20.4 Å². The number of non-ortho nitro benzene ring substituents is 2. The van der Waals surface area contributed by atoms with Gasteiger partial charge in [-0.3, -0.25) is 39.4 Å². The third-order valence-electron chi connectivity index (χ3n) is 8.21. The molecule has 0 spiro atoms. The van der Waals surface area contributed by atoms with Crippen molar-refractivity contribution in [3.63, 3.8) is 0 Å². The molecule has 0 atom stereocenters. The van der Waals surface area contributed by atoms with E-state index in [9.17, 15) is 76.7 Å².